The second-order valence-electron chi connectivity index (χ2n) is 7.84. The third kappa shape index (κ3) is 3.59. The van der Waals surface area contributed by atoms with Crippen LogP contribution in [0.15, 0.2) is 42.7 Å². The Bertz CT molecular complexity index is 784. The third-order valence-electron chi connectivity index (χ3n) is 6.14. The lowest BCUT2D eigenvalue weighted by atomic mass is 9.83. The van der Waals surface area contributed by atoms with E-state index in [9.17, 15) is 4.79 Å². The number of piperazine rings is 1. The highest BCUT2D eigenvalue weighted by atomic mass is 16.2. The second-order valence-corrected chi connectivity index (χ2v) is 7.84. The van der Waals surface area contributed by atoms with Gasteiger partial charge in [0.1, 0.15) is 0 Å². The zero-order valence-electron chi connectivity index (χ0n) is 16.1. The van der Waals surface area contributed by atoms with Gasteiger partial charge in [-0.05, 0) is 40.0 Å². The van der Waals surface area contributed by atoms with E-state index in [4.69, 9.17) is 0 Å². The van der Waals surface area contributed by atoms with E-state index in [0.29, 0.717) is 11.4 Å². The van der Waals surface area contributed by atoms with Crippen LogP contribution in [0.25, 0.3) is 11.4 Å². The molecule has 2 aromatic rings. The number of piperidine rings is 1. The van der Waals surface area contributed by atoms with Gasteiger partial charge in [0.15, 0.2) is 5.82 Å². The van der Waals surface area contributed by atoms with Crippen molar-refractivity contribution in [2.75, 3.05) is 46.8 Å². The molecule has 27 heavy (non-hydrogen) atoms. The molecule has 2 aliphatic heterocycles. The molecule has 4 rings (SSSR count). The smallest absolute Gasteiger partial charge is 0.257 e. The SMILES string of the molecule is CN1CCC2(CC1)CN(C(=O)c1cnc(-c3ccccc3)nc1)CCN2C. The number of amides is 1. The first-order valence-corrected chi connectivity index (χ1v) is 9.64. The summed E-state index contributed by atoms with van der Waals surface area (Å²) in [5.41, 5.74) is 1.63. The number of carbonyl (C=O) groups excluding carboxylic acids is 1. The van der Waals surface area contributed by atoms with Crippen LogP contribution in [-0.4, -0.2) is 82.9 Å². The Hall–Kier alpha value is -2.31. The topological polar surface area (TPSA) is 52.6 Å². The van der Waals surface area contributed by atoms with E-state index in [-0.39, 0.29) is 11.4 Å². The maximum atomic E-state index is 13.1. The van der Waals surface area contributed by atoms with Crippen LogP contribution in [0.2, 0.25) is 0 Å². The zero-order valence-corrected chi connectivity index (χ0v) is 16.1. The molecule has 0 atom stereocenters. The van der Waals surface area contributed by atoms with Crippen LogP contribution in [0.1, 0.15) is 23.2 Å². The number of aromatic nitrogens is 2. The number of likely N-dealkylation sites (tertiary alicyclic amines) is 1. The fourth-order valence-corrected chi connectivity index (χ4v) is 4.17. The summed E-state index contributed by atoms with van der Waals surface area (Å²) in [4.78, 5) is 28.7. The van der Waals surface area contributed by atoms with Crippen LogP contribution in [0.4, 0.5) is 0 Å². The molecular formula is C21H27N5O. The Balaban J connectivity index is 1.49. The van der Waals surface area contributed by atoms with Gasteiger partial charge in [-0.25, -0.2) is 9.97 Å². The first-order valence-electron chi connectivity index (χ1n) is 9.64. The van der Waals surface area contributed by atoms with Gasteiger partial charge >= 0.3 is 0 Å². The Morgan fingerprint density at radius 1 is 0.963 bits per heavy atom. The molecule has 0 radical (unpaired) electrons. The number of nitrogens with zero attached hydrogens (tertiary/aromatic N) is 5. The van der Waals surface area contributed by atoms with Crippen molar-refractivity contribution >= 4 is 5.91 Å². The molecule has 2 fully saturated rings. The van der Waals surface area contributed by atoms with Crippen LogP contribution >= 0.6 is 0 Å². The predicted octanol–water partition coefficient (Wildman–Crippen LogP) is 2.00. The number of rotatable bonds is 2. The van der Waals surface area contributed by atoms with E-state index < -0.39 is 0 Å². The lowest BCUT2D eigenvalue weighted by Gasteiger charge is -2.52. The van der Waals surface area contributed by atoms with Crippen molar-refractivity contribution in [1.82, 2.24) is 24.7 Å². The molecule has 3 heterocycles. The molecule has 0 saturated carbocycles. The van der Waals surface area contributed by atoms with Gasteiger partial charge in [0, 0.05) is 43.1 Å². The molecule has 2 aliphatic rings. The van der Waals surface area contributed by atoms with Crippen molar-refractivity contribution in [2.45, 2.75) is 18.4 Å². The van der Waals surface area contributed by atoms with Gasteiger partial charge in [-0.15, -0.1) is 0 Å². The molecule has 0 aliphatic carbocycles. The average molecular weight is 365 g/mol. The summed E-state index contributed by atoms with van der Waals surface area (Å²) < 4.78 is 0. The molecule has 1 aromatic heterocycles. The van der Waals surface area contributed by atoms with Gasteiger partial charge in [0.05, 0.1) is 5.56 Å². The normalized spacial score (nSPS) is 20.7. The fraction of sp³-hybridized carbons (Fsp3) is 0.476. The highest BCUT2D eigenvalue weighted by Gasteiger charge is 2.42. The van der Waals surface area contributed by atoms with Gasteiger partial charge in [-0.1, -0.05) is 30.3 Å². The van der Waals surface area contributed by atoms with E-state index in [1.807, 2.05) is 35.2 Å². The van der Waals surface area contributed by atoms with Crippen LogP contribution in [0.3, 0.4) is 0 Å². The van der Waals surface area contributed by atoms with E-state index in [2.05, 4.69) is 33.9 Å². The summed E-state index contributed by atoms with van der Waals surface area (Å²) >= 11 is 0. The maximum absolute atomic E-state index is 13.1. The van der Waals surface area contributed by atoms with Gasteiger partial charge < -0.3 is 9.80 Å². The zero-order chi connectivity index (χ0) is 18.9. The molecular weight excluding hydrogens is 338 g/mol. The number of hydrogen-bond acceptors (Lipinski definition) is 5. The quantitative estimate of drug-likeness (QED) is 0.815. The van der Waals surface area contributed by atoms with E-state index >= 15 is 0 Å². The fourth-order valence-electron chi connectivity index (χ4n) is 4.17. The molecule has 1 aromatic carbocycles. The highest BCUT2D eigenvalue weighted by molar-refractivity contribution is 5.94. The molecule has 0 bridgehead atoms. The lowest BCUT2D eigenvalue weighted by Crippen LogP contribution is -2.65. The van der Waals surface area contributed by atoms with Crippen molar-refractivity contribution in [3.63, 3.8) is 0 Å². The molecule has 1 spiro atoms. The summed E-state index contributed by atoms with van der Waals surface area (Å²) in [5, 5.41) is 0. The maximum Gasteiger partial charge on any atom is 0.257 e. The summed E-state index contributed by atoms with van der Waals surface area (Å²) in [6.07, 6.45) is 5.54. The van der Waals surface area contributed by atoms with Crippen LogP contribution in [-0.2, 0) is 0 Å². The van der Waals surface area contributed by atoms with E-state index in [1.54, 1.807) is 12.4 Å². The summed E-state index contributed by atoms with van der Waals surface area (Å²) in [6.45, 7) is 4.63. The van der Waals surface area contributed by atoms with Crippen molar-refractivity contribution in [3.05, 3.63) is 48.3 Å². The van der Waals surface area contributed by atoms with E-state index in [1.165, 1.54) is 0 Å². The van der Waals surface area contributed by atoms with Gasteiger partial charge in [0.25, 0.3) is 5.91 Å². The minimum absolute atomic E-state index is 0.0426. The molecule has 6 nitrogen and oxygen atoms in total. The van der Waals surface area contributed by atoms with Crippen molar-refractivity contribution in [1.29, 1.82) is 0 Å². The molecule has 0 unspecified atom stereocenters. The summed E-state index contributed by atoms with van der Waals surface area (Å²) in [6, 6.07) is 9.84. The van der Waals surface area contributed by atoms with Gasteiger partial charge in [-0.2, -0.15) is 0 Å². The molecule has 6 heteroatoms. The first-order chi connectivity index (χ1) is 13.1. The number of benzene rings is 1. The van der Waals surface area contributed by atoms with Crippen molar-refractivity contribution in [2.24, 2.45) is 0 Å². The number of carbonyl (C=O) groups is 1. The van der Waals surface area contributed by atoms with Crippen molar-refractivity contribution < 1.29 is 4.79 Å². The van der Waals surface area contributed by atoms with Gasteiger partial charge in [0.2, 0.25) is 0 Å². The first kappa shape index (κ1) is 18.1. The Morgan fingerprint density at radius 3 is 2.30 bits per heavy atom. The second kappa shape index (κ2) is 7.37. The Morgan fingerprint density at radius 2 is 1.63 bits per heavy atom. The standard InChI is InChI=1S/C21H27N5O/c1-24-10-8-21(9-11-24)16-26(13-12-25(21)2)20(27)18-14-22-19(23-15-18)17-6-4-3-5-7-17/h3-7,14-15H,8-13,16H2,1-2H3. The Labute approximate surface area is 160 Å². The largest absolute Gasteiger partial charge is 0.335 e. The molecule has 142 valence electrons. The summed E-state index contributed by atoms with van der Waals surface area (Å²) in [7, 11) is 4.37. The monoisotopic (exact) mass is 365 g/mol. The minimum atomic E-state index is 0.0426. The van der Waals surface area contributed by atoms with E-state index in [0.717, 1.165) is 51.1 Å². The molecule has 0 N–H and O–H groups in total. The number of hydrogen-bond donors (Lipinski definition) is 0. The van der Waals surface area contributed by atoms with Crippen LogP contribution in [0, 0.1) is 0 Å². The predicted molar refractivity (Wildman–Crippen MR) is 105 cm³/mol. The highest BCUT2D eigenvalue weighted by Crippen LogP contribution is 2.31. The molecule has 2 saturated heterocycles. The Kier molecular flexibility index (Phi) is 4.93. The number of likely N-dealkylation sites (N-methyl/N-ethyl adjacent to an activating group) is 1. The van der Waals surface area contributed by atoms with Crippen molar-refractivity contribution in [3.8, 4) is 11.4 Å². The molecule has 1 amide bonds. The third-order valence-corrected chi connectivity index (χ3v) is 6.14. The van der Waals surface area contributed by atoms with Gasteiger partial charge in [-0.3, -0.25) is 9.69 Å². The lowest BCUT2D eigenvalue weighted by molar-refractivity contribution is -0.0170. The average Bonchev–Trinajstić information content (AvgIpc) is 2.72. The minimum Gasteiger partial charge on any atom is -0.335 e. The summed E-state index contributed by atoms with van der Waals surface area (Å²) in [5.74, 6) is 0.693. The van der Waals surface area contributed by atoms with Crippen LogP contribution < -0.4 is 0 Å². The van der Waals surface area contributed by atoms with Crippen LogP contribution in [0.5, 0.6) is 0 Å².